The van der Waals surface area contributed by atoms with Gasteiger partial charge in [-0.3, -0.25) is 4.79 Å². The molecule has 17 heavy (non-hydrogen) atoms. The summed E-state index contributed by atoms with van der Waals surface area (Å²) in [5, 5.41) is 0. The summed E-state index contributed by atoms with van der Waals surface area (Å²) in [5.74, 6) is -0.759. The molecule has 1 amide bonds. The Labute approximate surface area is 100 Å². The van der Waals surface area contributed by atoms with Crippen molar-refractivity contribution < 1.29 is 13.2 Å². The molecule has 0 aliphatic carbocycles. The van der Waals surface area contributed by atoms with Crippen molar-refractivity contribution in [3.8, 4) is 0 Å². The van der Waals surface area contributed by atoms with Crippen molar-refractivity contribution in [1.82, 2.24) is 4.72 Å². The number of carbonyl (C=O) groups excluding carboxylic acids is 1. The Morgan fingerprint density at radius 1 is 1.35 bits per heavy atom. The van der Waals surface area contributed by atoms with Crippen LogP contribution in [0.5, 0.6) is 0 Å². The van der Waals surface area contributed by atoms with Crippen LogP contribution in [-0.2, 0) is 14.8 Å². The third-order valence-electron chi connectivity index (χ3n) is 2.17. The van der Waals surface area contributed by atoms with E-state index in [2.05, 4.69) is 4.72 Å². The van der Waals surface area contributed by atoms with Gasteiger partial charge in [0.2, 0.25) is 15.9 Å². The molecule has 0 unspecified atom stereocenters. The Kier molecular flexibility index (Phi) is 3.44. The Bertz CT molecular complexity index is 537. The summed E-state index contributed by atoms with van der Waals surface area (Å²) in [6, 6.07) is 5.77. The lowest BCUT2D eigenvalue weighted by Crippen LogP contribution is -2.52. The number of hydrogen-bond donors (Lipinski definition) is 3. The molecule has 0 heterocycles. The molecule has 1 rings (SSSR count). The van der Waals surface area contributed by atoms with Gasteiger partial charge in [-0.1, -0.05) is 6.07 Å². The summed E-state index contributed by atoms with van der Waals surface area (Å²) in [6.07, 6.45) is 0. The highest BCUT2D eigenvalue weighted by Crippen LogP contribution is 2.15. The van der Waals surface area contributed by atoms with Crippen molar-refractivity contribution in [2.45, 2.75) is 24.3 Å². The Balaban J connectivity index is 3.10. The van der Waals surface area contributed by atoms with E-state index >= 15 is 0 Å². The van der Waals surface area contributed by atoms with E-state index in [1.807, 2.05) is 0 Å². The summed E-state index contributed by atoms with van der Waals surface area (Å²) >= 11 is 0. The van der Waals surface area contributed by atoms with Gasteiger partial charge in [-0.2, -0.15) is 4.72 Å². The predicted octanol–water partition coefficient (Wildman–Crippen LogP) is -0.189. The summed E-state index contributed by atoms with van der Waals surface area (Å²) in [6.45, 7) is 2.78. The van der Waals surface area contributed by atoms with Gasteiger partial charge in [-0.05, 0) is 32.0 Å². The van der Waals surface area contributed by atoms with Crippen LogP contribution < -0.4 is 16.2 Å². The highest BCUT2D eigenvalue weighted by atomic mass is 32.2. The topological polar surface area (TPSA) is 115 Å². The molecule has 0 aromatic heterocycles. The number of rotatable bonds is 4. The lowest BCUT2D eigenvalue weighted by atomic mass is 10.1. The van der Waals surface area contributed by atoms with Gasteiger partial charge in [-0.15, -0.1) is 0 Å². The van der Waals surface area contributed by atoms with Gasteiger partial charge in [0.1, 0.15) is 5.54 Å². The lowest BCUT2D eigenvalue weighted by Gasteiger charge is -2.22. The van der Waals surface area contributed by atoms with Gasteiger partial charge in [0, 0.05) is 5.69 Å². The molecule has 94 valence electrons. The van der Waals surface area contributed by atoms with Gasteiger partial charge in [0.15, 0.2) is 0 Å². The maximum atomic E-state index is 11.9. The number of anilines is 1. The van der Waals surface area contributed by atoms with Crippen molar-refractivity contribution in [3.63, 3.8) is 0 Å². The molecule has 5 N–H and O–H groups in total. The standard InChI is InChI=1S/C10H15N3O3S/c1-10(2,9(12)14)13-17(15,16)8-5-3-4-7(11)6-8/h3-6,13H,11H2,1-2H3,(H2,12,14). The number of carbonyl (C=O) groups is 1. The second kappa shape index (κ2) is 4.34. The molecule has 0 aliphatic rings. The third-order valence-corrected chi connectivity index (χ3v) is 3.83. The second-order valence-electron chi connectivity index (χ2n) is 4.17. The van der Waals surface area contributed by atoms with Crippen LogP contribution in [0.15, 0.2) is 29.2 Å². The average molecular weight is 257 g/mol. The van der Waals surface area contributed by atoms with Crippen LogP contribution in [0.4, 0.5) is 5.69 Å². The zero-order valence-corrected chi connectivity index (χ0v) is 10.4. The van der Waals surface area contributed by atoms with Crippen LogP contribution in [0, 0.1) is 0 Å². The second-order valence-corrected chi connectivity index (χ2v) is 5.85. The minimum absolute atomic E-state index is 0.00757. The molecule has 0 saturated heterocycles. The van der Waals surface area contributed by atoms with Crippen LogP contribution in [0.1, 0.15) is 13.8 Å². The SMILES string of the molecule is CC(C)(NS(=O)(=O)c1cccc(N)c1)C(N)=O. The first-order valence-electron chi connectivity index (χ1n) is 4.84. The van der Waals surface area contributed by atoms with Crippen LogP contribution in [-0.4, -0.2) is 19.9 Å². The summed E-state index contributed by atoms with van der Waals surface area (Å²) in [7, 11) is -3.82. The number of amides is 1. The van der Waals surface area contributed by atoms with E-state index in [0.717, 1.165) is 0 Å². The van der Waals surface area contributed by atoms with E-state index in [0.29, 0.717) is 5.69 Å². The summed E-state index contributed by atoms with van der Waals surface area (Å²) in [5.41, 5.74) is 9.56. The van der Waals surface area contributed by atoms with Crippen LogP contribution in [0.2, 0.25) is 0 Å². The number of nitrogens with two attached hydrogens (primary N) is 2. The van der Waals surface area contributed by atoms with Crippen LogP contribution in [0.3, 0.4) is 0 Å². The Morgan fingerprint density at radius 3 is 2.41 bits per heavy atom. The van der Waals surface area contributed by atoms with Gasteiger partial charge < -0.3 is 11.5 Å². The molecule has 1 aromatic carbocycles. The first-order valence-corrected chi connectivity index (χ1v) is 6.33. The van der Waals surface area contributed by atoms with E-state index in [-0.39, 0.29) is 4.90 Å². The molecule has 6 nitrogen and oxygen atoms in total. The number of benzene rings is 1. The average Bonchev–Trinajstić information content (AvgIpc) is 2.15. The van der Waals surface area contributed by atoms with Crippen LogP contribution in [0.25, 0.3) is 0 Å². The van der Waals surface area contributed by atoms with E-state index in [9.17, 15) is 13.2 Å². The van der Waals surface area contributed by atoms with Crippen molar-refractivity contribution in [1.29, 1.82) is 0 Å². The summed E-state index contributed by atoms with van der Waals surface area (Å²) < 4.78 is 26.1. The number of sulfonamides is 1. The Morgan fingerprint density at radius 2 is 1.94 bits per heavy atom. The maximum Gasteiger partial charge on any atom is 0.241 e. The number of hydrogen-bond acceptors (Lipinski definition) is 4. The highest BCUT2D eigenvalue weighted by Gasteiger charge is 2.31. The fourth-order valence-electron chi connectivity index (χ4n) is 1.13. The minimum atomic E-state index is -3.82. The maximum absolute atomic E-state index is 11.9. The summed E-state index contributed by atoms with van der Waals surface area (Å²) in [4.78, 5) is 11.1. The molecule has 7 heteroatoms. The predicted molar refractivity (Wildman–Crippen MR) is 64.4 cm³/mol. The van der Waals surface area contributed by atoms with E-state index in [4.69, 9.17) is 11.5 Å². The van der Waals surface area contributed by atoms with E-state index in [1.165, 1.54) is 32.0 Å². The molecule has 0 spiro atoms. The molecule has 0 bridgehead atoms. The lowest BCUT2D eigenvalue weighted by molar-refractivity contribution is -0.122. The normalized spacial score (nSPS) is 12.4. The molecule has 0 atom stereocenters. The largest absolute Gasteiger partial charge is 0.399 e. The van der Waals surface area contributed by atoms with E-state index in [1.54, 1.807) is 6.07 Å². The van der Waals surface area contributed by atoms with Crippen molar-refractivity contribution >= 4 is 21.6 Å². The van der Waals surface area contributed by atoms with Gasteiger partial charge in [0.25, 0.3) is 0 Å². The molecule has 0 fully saturated rings. The van der Waals surface area contributed by atoms with E-state index < -0.39 is 21.5 Å². The third kappa shape index (κ3) is 3.18. The van der Waals surface area contributed by atoms with Crippen molar-refractivity contribution in [2.75, 3.05) is 5.73 Å². The molecule has 0 radical (unpaired) electrons. The molecular formula is C10H15N3O3S. The monoisotopic (exact) mass is 257 g/mol. The fourth-order valence-corrected chi connectivity index (χ4v) is 2.57. The molecule has 1 aromatic rings. The number of nitrogens with one attached hydrogen (secondary N) is 1. The van der Waals surface area contributed by atoms with Gasteiger partial charge >= 0.3 is 0 Å². The quantitative estimate of drug-likeness (QED) is 0.648. The van der Waals surface area contributed by atoms with Crippen molar-refractivity contribution in [2.24, 2.45) is 5.73 Å². The zero-order valence-electron chi connectivity index (χ0n) is 9.60. The van der Waals surface area contributed by atoms with Gasteiger partial charge in [-0.25, -0.2) is 8.42 Å². The molecular weight excluding hydrogens is 242 g/mol. The van der Waals surface area contributed by atoms with Crippen LogP contribution >= 0.6 is 0 Å². The number of primary amides is 1. The highest BCUT2D eigenvalue weighted by molar-refractivity contribution is 7.89. The molecule has 0 aliphatic heterocycles. The zero-order chi connectivity index (χ0) is 13.3. The molecule has 0 saturated carbocycles. The Hall–Kier alpha value is -1.60. The smallest absolute Gasteiger partial charge is 0.241 e. The first kappa shape index (κ1) is 13.5. The van der Waals surface area contributed by atoms with Gasteiger partial charge in [0.05, 0.1) is 4.90 Å². The van der Waals surface area contributed by atoms with Crippen molar-refractivity contribution in [3.05, 3.63) is 24.3 Å². The minimum Gasteiger partial charge on any atom is -0.399 e. The first-order chi connectivity index (χ1) is 7.65. The fraction of sp³-hybridized carbons (Fsp3) is 0.300. The number of nitrogen functional groups attached to an aromatic ring is 1.